The first-order chi connectivity index (χ1) is 15.0. The first-order valence-corrected chi connectivity index (χ1v) is 9.94. The highest BCUT2D eigenvalue weighted by atomic mass is 16.5. The maximum atomic E-state index is 12.6. The van der Waals surface area contributed by atoms with Crippen molar-refractivity contribution in [2.45, 2.75) is 20.5 Å². The first kappa shape index (κ1) is 20.1. The van der Waals surface area contributed by atoms with E-state index in [4.69, 9.17) is 4.74 Å². The van der Waals surface area contributed by atoms with Crippen LogP contribution in [0, 0.1) is 25.2 Å². The number of fused-ring (bicyclic) bond motifs is 1. The monoisotopic (exact) mass is 407 g/mol. The second-order valence-electron chi connectivity index (χ2n) is 7.31. The fourth-order valence-corrected chi connectivity index (χ4v) is 3.50. The van der Waals surface area contributed by atoms with Crippen LogP contribution in [-0.2, 0) is 6.61 Å². The third-order valence-corrected chi connectivity index (χ3v) is 5.02. The molecule has 0 N–H and O–H groups in total. The second kappa shape index (κ2) is 8.68. The Morgan fingerprint density at radius 1 is 1.06 bits per heavy atom. The Morgan fingerprint density at radius 2 is 1.81 bits per heavy atom. The summed E-state index contributed by atoms with van der Waals surface area (Å²) in [7, 11) is 0. The second-order valence-corrected chi connectivity index (χ2v) is 7.31. The molecule has 5 nitrogen and oxygen atoms in total. The number of ether oxygens (including phenoxy) is 1. The number of allylic oxidation sites excluding steroid dienone is 1. The Hall–Kier alpha value is -4.17. The molecule has 0 atom stereocenters. The third-order valence-electron chi connectivity index (χ3n) is 5.02. The molecule has 0 aliphatic heterocycles. The molecule has 1 aromatic heterocycles. The van der Waals surface area contributed by atoms with Crippen molar-refractivity contribution in [1.29, 1.82) is 5.26 Å². The van der Waals surface area contributed by atoms with Crippen molar-refractivity contribution in [2.75, 3.05) is 0 Å². The van der Waals surface area contributed by atoms with Crippen LogP contribution in [0.5, 0.6) is 5.75 Å². The molecule has 0 saturated heterocycles. The Labute approximate surface area is 180 Å². The minimum atomic E-state index is -0.440. The van der Waals surface area contributed by atoms with Crippen LogP contribution in [0.25, 0.3) is 16.8 Å². The van der Waals surface area contributed by atoms with Crippen LogP contribution in [0.4, 0.5) is 0 Å². The van der Waals surface area contributed by atoms with E-state index in [1.54, 1.807) is 19.1 Å². The lowest BCUT2D eigenvalue weighted by Crippen LogP contribution is -2.15. The van der Waals surface area contributed by atoms with E-state index in [-0.39, 0.29) is 5.57 Å². The number of rotatable bonds is 5. The average molecular weight is 407 g/mol. The summed E-state index contributed by atoms with van der Waals surface area (Å²) in [6, 6.07) is 25.5. The van der Waals surface area contributed by atoms with Crippen molar-refractivity contribution in [3.05, 3.63) is 101 Å². The number of benzene rings is 3. The molecule has 31 heavy (non-hydrogen) atoms. The predicted molar refractivity (Wildman–Crippen MR) is 121 cm³/mol. The van der Waals surface area contributed by atoms with Gasteiger partial charge in [0.15, 0.2) is 0 Å². The zero-order chi connectivity index (χ0) is 21.8. The highest BCUT2D eigenvalue weighted by Crippen LogP contribution is 2.21. The van der Waals surface area contributed by atoms with Gasteiger partial charge in [0.1, 0.15) is 24.0 Å². The number of nitrogens with zero attached hydrogens (tertiary/aromatic N) is 3. The molecular formula is C26H21N3O2. The van der Waals surface area contributed by atoms with E-state index in [0.29, 0.717) is 18.1 Å². The lowest BCUT2D eigenvalue weighted by atomic mass is 10.1. The van der Waals surface area contributed by atoms with Crippen LogP contribution in [0.2, 0.25) is 0 Å². The van der Waals surface area contributed by atoms with Crippen molar-refractivity contribution in [2.24, 2.45) is 0 Å². The third kappa shape index (κ3) is 4.39. The molecule has 152 valence electrons. The van der Waals surface area contributed by atoms with Crippen molar-refractivity contribution in [3.63, 3.8) is 0 Å². The predicted octanol–water partition coefficient (Wildman–Crippen LogP) is 5.48. The van der Waals surface area contributed by atoms with Gasteiger partial charge in [-0.1, -0.05) is 54.6 Å². The van der Waals surface area contributed by atoms with Crippen LogP contribution in [-0.4, -0.2) is 15.7 Å². The number of carbonyl (C=O) groups is 1. The number of nitriles is 1. The topological polar surface area (TPSA) is 67.9 Å². The van der Waals surface area contributed by atoms with Gasteiger partial charge in [-0.15, -0.1) is 0 Å². The fraction of sp³-hybridized carbons (Fsp3) is 0.115. The van der Waals surface area contributed by atoms with Crippen molar-refractivity contribution >= 4 is 22.8 Å². The van der Waals surface area contributed by atoms with Crippen molar-refractivity contribution < 1.29 is 9.53 Å². The van der Waals surface area contributed by atoms with Gasteiger partial charge >= 0.3 is 0 Å². The molecule has 0 radical (unpaired) electrons. The lowest BCUT2D eigenvalue weighted by Gasteiger charge is -2.09. The molecule has 0 saturated carbocycles. The van der Waals surface area contributed by atoms with Gasteiger partial charge in [-0.2, -0.15) is 10.4 Å². The summed E-state index contributed by atoms with van der Waals surface area (Å²) < 4.78 is 7.21. The Balaban J connectivity index is 1.49. The molecule has 0 unspecified atom stereocenters. The van der Waals surface area contributed by atoms with Crippen LogP contribution in [0.3, 0.4) is 0 Å². The van der Waals surface area contributed by atoms with E-state index in [0.717, 1.165) is 16.8 Å². The number of hydrogen-bond acceptors (Lipinski definition) is 4. The first-order valence-electron chi connectivity index (χ1n) is 9.94. The van der Waals surface area contributed by atoms with Gasteiger partial charge in [-0.05, 0) is 60.0 Å². The quantitative estimate of drug-likeness (QED) is 0.324. The van der Waals surface area contributed by atoms with Crippen LogP contribution < -0.4 is 4.74 Å². The van der Waals surface area contributed by atoms with E-state index >= 15 is 0 Å². The fourth-order valence-electron chi connectivity index (χ4n) is 3.50. The van der Waals surface area contributed by atoms with E-state index < -0.39 is 5.91 Å². The van der Waals surface area contributed by atoms with Gasteiger partial charge in [-0.25, -0.2) is 4.68 Å². The van der Waals surface area contributed by atoms with Gasteiger partial charge < -0.3 is 4.74 Å². The summed E-state index contributed by atoms with van der Waals surface area (Å²) in [5.41, 5.74) is 3.31. The Bertz CT molecular complexity index is 1320. The normalized spacial score (nSPS) is 11.3. The molecule has 0 aliphatic rings. The summed E-state index contributed by atoms with van der Waals surface area (Å²) in [4.78, 5) is 12.6. The highest BCUT2D eigenvalue weighted by Gasteiger charge is 2.15. The molecule has 1 heterocycles. The van der Waals surface area contributed by atoms with E-state index in [2.05, 4.69) is 29.4 Å². The van der Waals surface area contributed by atoms with Gasteiger partial charge in [0, 0.05) is 5.69 Å². The largest absolute Gasteiger partial charge is 0.489 e. The minimum absolute atomic E-state index is 0.0237. The summed E-state index contributed by atoms with van der Waals surface area (Å²) >= 11 is 0. The average Bonchev–Trinajstić information content (AvgIpc) is 3.14. The zero-order valence-electron chi connectivity index (χ0n) is 17.4. The van der Waals surface area contributed by atoms with Crippen LogP contribution in [0.15, 0.2) is 78.4 Å². The van der Waals surface area contributed by atoms with E-state index in [1.165, 1.54) is 15.5 Å². The molecule has 0 amide bonds. The number of aryl methyl sites for hydroxylation is 2. The van der Waals surface area contributed by atoms with E-state index in [1.807, 2.05) is 55.5 Å². The van der Waals surface area contributed by atoms with Crippen molar-refractivity contribution in [3.8, 4) is 11.8 Å². The lowest BCUT2D eigenvalue weighted by molar-refractivity contribution is 0.0943. The summed E-state index contributed by atoms with van der Waals surface area (Å²) in [5.74, 6) is 0.276. The zero-order valence-corrected chi connectivity index (χ0v) is 17.4. The van der Waals surface area contributed by atoms with Gasteiger partial charge in [0.25, 0.3) is 5.91 Å². The van der Waals surface area contributed by atoms with Crippen LogP contribution >= 0.6 is 0 Å². The van der Waals surface area contributed by atoms with Gasteiger partial charge in [0.2, 0.25) is 0 Å². The molecule has 0 spiro atoms. The molecule has 4 rings (SSSR count). The maximum Gasteiger partial charge on any atom is 0.289 e. The SMILES string of the molecule is Cc1cc(C)n(C(=O)/C(C#N)=C/c2ccc(OCc3cccc4ccccc34)cc2)n1. The Kier molecular flexibility index (Phi) is 5.63. The highest BCUT2D eigenvalue weighted by molar-refractivity contribution is 6.03. The maximum absolute atomic E-state index is 12.6. The van der Waals surface area contributed by atoms with Crippen molar-refractivity contribution in [1.82, 2.24) is 9.78 Å². The Morgan fingerprint density at radius 3 is 2.52 bits per heavy atom. The molecule has 3 aromatic carbocycles. The number of hydrogen-bond donors (Lipinski definition) is 0. The molecule has 0 bridgehead atoms. The van der Waals surface area contributed by atoms with Gasteiger partial charge in [0.05, 0.1) is 5.69 Å². The minimum Gasteiger partial charge on any atom is -0.489 e. The smallest absolute Gasteiger partial charge is 0.289 e. The number of carbonyl (C=O) groups excluding carboxylic acids is 1. The molecular weight excluding hydrogens is 386 g/mol. The van der Waals surface area contributed by atoms with E-state index in [9.17, 15) is 10.1 Å². The standard InChI is InChI=1S/C26H21N3O2/c1-18-14-19(2)29(28-18)26(30)23(16-27)15-20-10-12-24(13-11-20)31-17-22-8-5-7-21-6-3-4-9-25(21)22/h3-15H,17H2,1-2H3/b23-15+. The summed E-state index contributed by atoms with van der Waals surface area (Å²) in [6.45, 7) is 4.05. The summed E-state index contributed by atoms with van der Waals surface area (Å²) in [6.07, 6.45) is 1.56. The molecule has 5 heteroatoms. The number of aromatic nitrogens is 2. The molecule has 0 fully saturated rings. The molecule has 0 aliphatic carbocycles. The molecule has 4 aromatic rings. The van der Waals surface area contributed by atoms with Crippen LogP contribution in [0.1, 0.15) is 27.3 Å². The summed E-state index contributed by atoms with van der Waals surface area (Å²) in [5, 5.41) is 16.0. The van der Waals surface area contributed by atoms with Gasteiger partial charge in [-0.3, -0.25) is 4.79 Å².